The second-order valence-corrected chi connectivity index (χ2v) is 8.99. The molecule has 1 rings (SSSR count). The molecular formula is C25H52N2O2. The van der Waals surface area contributed by atoms with Crippen molar-refractivity contribution < 1.29 is 9.84 Å². The number of ether oxygens (including phenoxy) is 1. The van der Waals surface area contributed by atoms with Crippen molar-refractivity contribution in [3.8, 4) is 0 Å². The number of hydrogen-bond acceptors (Lipinski definition) is 4. The molecule has 1 atom stereocenters. The summed E-state index contributed by atoms with van der Waals surface area (Å²) < 4.78 is 5.76. The van der Waals surface area contributed by atoms with E-state index in [1.54, 1.807) is 0 Å². The molecule has 0 aromatic rings. The van der Waals surface area contributed by atoms with Crippen LogP contribution in [0.3, 0.4) is 0 Å². The normalized spacial score (nSPS) is 17.8. The monoisotopic (exact) mass is 412 g/mol. The molecule has 1 unspecified atom stereocenters. The van der Waals surface area contributed by atoms with Crippen molar-refractivity contribution in [2.45, 2.75) is 122 Å². The van der Waals surface area contributed by atoms with Gasteiger partial charge in [-0.25, -0.2) is 0 Å². The SMILES string of the molecule is CCCCCCCCCCCCCCCCCCOCCCN1CCNCC1O. The fourth-order valence-corrected chi connectivity index (χ4v) is 4.22. The number of hydrogen-bond donors (Lipinski definition) is 2. The Balaban J connectivity index is 1.67. The van der Waals surface area contributed by atoms with Crippen molar-refractivity contribution in [2.75, 3.05) is 39.4 Å². The van der Waals surface area contributed by atoms with Crippen LogP contribution in [0.15, 0.2) is 0 Å². The summed E-state index contributed by atoms with van der Waals surface area (Å²) in [7, 11) is 0. The van der Waals surface area contributed by atoms with E-state index >= 15 is 0 Å². The van der Waals surface area contributed by atoms with Gasteiger partial charge < -0.3 is 15.2 Å². The third-order valence-electron chi connectivity index (χ3n) is 6.20. The average Bonchev–Trinajstić information content (AvgIpc) is 2.73. The van der Waals surface area contributed by atoms with Gasteiger partial charge in [-0.1, -0.05) is 103 Å². The predicted molar refractivity (Wildman–Crippen MR) is 125 cm³/mol. The van der Waals surface area contributed by atoms with Gasteiger partial charge in [0.1, 0.15) is 6.23 Å². The van der Waals surface area contributed by atoms with E-state index in [0.717, 1.165) is 39.3 Å². The Hall–Kier alpha value is -0.160. The van der Waals surface area contributed by atoms with Gasteiger partial charge in [0, 0.05) is 39.4 Å². The van der Waals surface area contributed by atoms with Gasteiger partial charge >= 0.3 is 0 Å². The zero-order valence-electron chi connectivity index (χ0n) is 19.6. The standard InChI is InChI=1S/C25H52N2O2/c1-2-3-4-5-6-7-8-9-10-11-12-13-14-15-16-17-22-29-23-18-20-27-21-19-26-24-25(27)28/h25-26,28H,2-24H2,1H3. The van der Waals surface area contributed by atoms with Gasteiger partial charge in [0.15, 0.2) is 0 Å². The van der Waals surface area contributed by atoms with Crippen LogP contribution in [0.5, 0.6) is 0 Å². The van der Waals surface area contributed by atoms with Gasteiger partial charge in [-0.3, -0.25) is 4.90 Å². The molecule has 1 fully saturated rings. The molecule has 4 heteroatoms. The first kappa shape index (κ1) is 26.9. The summed E-state index contributed by atoms with van der Waals surface area (Å²) in [6.07, 6.45) is 23.3. The lowest BCUT2D eigenvalue weighted by atomic mass is 10.0. The molecule has 4 nitrogen and oxygen atoms in total. The van der Waals surface area contributed by atoms with Crippen LogP contribution in [-0.4, -0.2) is 55.6 Å². The fourth-order valence-electron chi connectivity index (χ4n) is 4.22. The molecule has 174 valence electrons. The van der Waals surface area contributed by atoms with E-state index in [2.05, 4.69) is 17.1 Å². The minimum atomic E-state index is -0.316. The van der Waals surface area contributed by atoms with Crippen molar-refractivity contribution in [3.05, 3.63) is 0 Å². The highest BCUT2D eigenvalue weighted by Gasteiger charge is 2.18. The Kier molecular flexibility index (Phi) is 19.5. The minimum Gasteiger partial charge on any atom is -0.381 e. The quantitative estimate of drug-likeness (QED) is 0.231. The molecule has 0 radical (unpaired) electrons. The minimum absolute atomic E-state index is 0.316. The lowest BCUT2D eigenvalue weighted by Gasteiger charge is -2.32. The lowest BCUT2D eigenvalue weighted by Crippen LogP contribution is -2.51. The van der Waals surface area contributed by atoms with Crippen LogP contribution >= 0.6 is 0 Å². The van der Waals surface area contributed by atoms with Crippen LogP contribution in [-0.2, 0) is 4.74 Å². The number of nitrogens with zero attached hydrogens (tertiary/aromatic N) is 1. The fraction of sp³-hybridized carbons (Fsp3) is 1.00. The number of rotatable bonds is 21. The molecule has 0 aliphatic carbocycles. The summed E-state index contributed by atoms with van der Waals surface area (Å²) in [4.78, 5) is 2.15. The number of nitrogens with one attached hydrogen (secondary N) is 1. The van der Waals surface area contributed by atoms with Crippen LogP contribution in [0.1, 0.15) is 116 Å². The second kappa shape index (κ2) is 21.1. The van der Waals surface area contributed by atoms with Gasteiger partial charge in [-0.15, -0.1) is 0 Å². The lowest BCUT2D eigenvalue weighted by molar-refractivity contribution is -0.0174. The van der Waals surface area contributed by atoms with Gasteiger partial charge in [0.2, 0.25) is 0 Å². The highest BCUT2D eigenvalue weighted by molar-refractivity contribution is 4.71. The zero-order chi connectivity index (χ0) is 20.8. The summed E-state index contributed by atoms with van der Waals surface area (Å²) in [5.74, 6) is 0. The number of piperazine rings is 1. The van der Waals surface area contributed by atoms with Gasteiger partial charge in [-0.2, -0.15) is 0 Å². The molecular weight excluding hydrogens is 360 g/mol. The summed E-state index contributed by atoms with van der Waals surface area (Å²) in [6.45, 7) is 7.59. The molecule has 0 saturated carbocycles. The molecule has 2 N–H and O–H groups in total. The number of aliphatic hydroxyl groups is 1. The Bertz CT molecular complexity index is 328. The molecule has 1 aliphatic rings. The van der Waals surface area contributed by atoms with E-state index in [1.165, 1.54) is 103 Å². The van der Waals surface area contributed by atoms with Crippen LogP contribution in [0.2, 0.25) is 0 Å². The topological polar surface area (TPSA) is 44.7 Å². The zero-order valence-corrected chi connectivity index (χ0v) is 19.6. The largest absolute Gasteiger partial charge is 0.381 e. The third-order valence-corrected chi connectivity index (χ3v) is 6.20. The first-order valence-corrected chi connectivity index (χ1v) is 13.0. The number of aliphatic hydroxyl groups excluding tert-OH is 1. The Labute approximate surface area is 182 Å². The highest BCUT2D eigenvalue weighted by atomic mass is 16.5. The Morgan fingerprint density at radius 2 is 1.21 bits per heavy atom. The van der Waals surface area contributed by atoms with Crippen molar-refractivity contribution in [1.29, 1.82) is 0 Å². The summed E-state index contributed by atoms with van der Waals surface area (Å²) in [5.41, 5.74) is 0. The van der Waals surface area contributed by atoms with E-state index in [-0.39, 0.29) is 6.23 Å². The van der Waals surface area contributed by atoms with Crippen molar-refractivity contribution in [3.63, 3.8) is 0 Å². The van der Waals surface area contributed by atoms with E-state index in [9.17, 15) is 5.11 Å². The Morgan fingerprint density at radius 3 is 1.72 bits per heavy atom. The van der Waals surface area contributed by atoms with Crippen LogP contribution in [0, 0.1) is 0 Å². The van der Waals surface area contributed by atoms with Crippen molar-refractivity contribution >= 4 is 0 Å². The molecule has 0 bridgehead atoms. The van der Waals surface area contributed by atoms with Crippen LogP contribution in [0.4, 0.5) is 0 Å². The smallest absolute Gasteiger partial charge is 0.120 e. The Morgan fingerprint density at radius 1 is 0.724 bits per heavy atom. The summed E-state index contributed by atoms with van der Waals surface area (Å²) in [5, 5.41) is 13.1. The molecule has 0 amide bonds. The second-order valence-electron chi connectivity index (χ2n) is 8.99. The first-order chi connectivity index (χ1) is 14.3. The maximum atomic E-state index is 9.85. The van der Waals surface area contributed by atoms with E-state index < -0.39 is 0 Å². The number of β-amino-alcohol motifs (C(OH)–C–C–N with tert-alkyl or cyclic N) is 1. The molecule has 29 heavy (non-hydrogen) atoms. The summed E-state index contributed by atoms with van der Waals surface area (Å²) >= 11 is 0. The molecule has 0 aromatic heterocycles. The summed E-state index contributed by atoms with van der Waals surface area (Å²) in [6, 6.07) is 0. The van der Waals surface area contributed by atoms with Gasteiger partial charge in [-0.05, 0) is 12.8 Å². The van der Waals surface area contributed by atoms with Crippen LogP contribution in [0.25, 0.3) is 0 Å². The van der Waals surface area contributed by atoms with Crippen molar-refractivity contribution in [1.82, 2.24) is 10.2 Å². The van der Waals surface area contributed by atoms with E-state index in [1.807, 2.05) is 0 Å². The van der Waals surface area contributed by atoms with Gasteiger partial charge in [0.25, 0.3) is 0 Å². The average molecular weight is 413 g/mol. The van der Waals surface area contributed by atoms with E-state index in [4.69, 9.17) is 4.74 Å². The third kappa shape index (κ3) is 17.2. The van der Waals surface area contributed by atoms with Crippen LogP contribution < -0.4 is 5.32 Å². The van der Waals surface area contributed by atoms with Crippen molar-refractivity contribution in [2.24, 2.45) is 0 Å². The molecule has 1 aliphatic heterocycles. The highest BCUT2D eigenvalue weighted by Crippen LogP contribution is 2.13. The van der Waals surface area contributed by atoms with E-state index in [0.29, 0.717) is 6.54 Å². The molecule has 1 heterocycles. The predicted octanol–water partition coefficient (Wildman–Crippen LogP) is 5.88. The molecule has 1 saturated heterocycles. The first-order valence-electron chi connectivity index (χ1n) is 13.0. The maximum Gasteiger partial charge on any atom is 0.120 e. The number of unbranched alkanes of at least 4 members (excludes halogenated alkanes) is 15. The molecule has 0 spiro atoms. The maximum absolute atomic E-state index is 9.85. The van der Waals surface area contributed by atoms with Gasteiger partial charge in [0.05, 0.1) is 0 Å². The molecule has 0 aromatic carbocycles.